The van der Waals surface area contributed by atoms with Gasteiger partial charge in [-0.2, -0.15) is 0 Å². The summed E-state index contributed by atoms with van der Waals surface area (Å²) in [5, 5.41) is 2.99. The number of hydrogen-bond donors (Lipinski definition) is 1. The van der Waals surface area contributed by atoms with Gasteiger partial charge in [-0.25, -0.2) is 0 Å². The Morgan fingerprint density at radius 3 is 2.56 bits per heavy atom. The molecule has 0 radical (unpaired) electrons. The number of carbonyl (C=O) groups excluding carboxylic acids is 1. The van der Waals surface area contributed by atoms with E-state index in [0.717, 1.165) is 22.0 Å². The number of amides is 1. The Balaban J connectivity index is 1.97. The SMILES string of the molecule is C=C1CC1C(=O)NC(C)c1ccc(Br)cc1. The van der Waals surface area contributed by atoms with Crippen LogP contribution in [-0.2, 0) is 4.79 Å². The Morgan fingerprint density at radius 2 is 2.06 bits per heavy atom. The molecule has 0 saturated heterocycles. The first-order valence-corrected chi connectivity index (χ1v) is 6.10. The lowest BCUT2D eigenvalue weighted by atomic mass is 10.1. The van der Waals surface area contributed by atoms with Crippen LogP contribution in [0.3, 0.4) is 0 Å². The van der Waals surface area contributed by atoms with Crippen molar-refractivity contribution < 1.29 is 4.79 Å². The van der Waals surface area contributed by atoms with Gasteiger partial charge in [-0.3, -0.25) is 4.79 Å². The third-order valence-electron chi connectivity index (χ3n) is 2.84. The Hall–Kier alpha value is -1.09. The van der Waals surface area contributed by atoms with Crippen LogP contribution in [0.25, 0.3) is 0 Å². The largest absolute Gasteiger partial charge is 0.349 e. The Labute approximate surface area is 104 Å². The quantitative estimate of drug-likeness (QED) is 0.846. The summed E-state index contributed by atoms with van der Waals surface area (Å²) in [5.41, 5.74) is 2.16. The van der Waals surface area contributed by atoms with Crippen LogP contribution in [-0.4, -0.2) is 5.91 Å². The van der Waals surface area contributed by atoms with Gasteiger partial charge >= 0.3 is 0 Å². The van der Waals surface area contributed by atoms with Crippen molar-refractivity contribution in [1.82, 2.24) is 5.32 Å². The smallest absolute Gasteiger partial charge is 0.227 e. The Morgan fingerprint density at radius 1 is 1.50 bits per heavy atom. The highest BCUT2D eigenvalue weighted by Crippen LogP contribution is 2.36. The molecule has 1 aliphatic carbocycles. The van der Waals surface area contributed by atoms with E-state index < -0.39 is 0 Å². The molecule has 1 N–H and O–H groups in total. The maximum atomic E-state index is 11.7. The molecule has 0 aromatic heterocycles. The first kappa shape index (κ1) is 11.4. The lowest BCUT2D eigenvalue weighted by Gasteiger charge is -2.14. The van der Waals surface area contributed by atoms with Gasteiger partial charge in [-0.1, -0.05) is 40.2 Å². The zero-order valence-corrected chi connectivity index (χ0v) is 10.8. The minimum Gasteiger partial charge on any atom is -0.349 e. The molecule has 84 valence electrons. The van der Waals surface area contributed by atoms with Gasteiger partial charge in [0, 0.05) is 4.47 Å². The number of hydrogen-bond acceptors (Lipinski definition) is 1. The highest BCUT2D eigenvalue weighted by molar-refractivity contribution is 9.10. The predicted molar refractivity (Wildman–Crippen MR) is 67.9 cm³/mol. The van der Waals surface area contributed by atoms with Gasteiger partial charge < -0.3 is 5.32 Å². The van der Waals surface area contributed by atoms with Crippen molar-refractivity contribution in [3.63, 3.8) is 0 Å². The summed E-state index contributed by atoms with van der Waals surface area (Å²) in [7, 11) is 0. The molecule has 2 nitrogen and oxygen atoms in total. The first-order valence-electron chi connectivity index (χ1n) is 5.31. The fraction of sp³-hybridized carbons (Fsp3) is 0.308. The molecule has 1 aliphatic rings. The molecule has 0 heterocycles. The van der Waals surface area contributed by atoms with E-state index in [1.807, 2.05) is 31.2 Å². The van der Waals surface area contributed by atoms with Gasteiger partial charge in [0.25, 0.3) is 0 Å². The summed E-state index contributed by atoms with van der Waals surface area (Å²) >= 11 is 3.39. The zero-order chi connectivity index (χ0) is 11.7. The van der Waals surface area contributed by atoms with Crippen molar-refractivity contribution in [3.8, 4) is 0 Å². The van der Waals surface area contributed by atoms with Crippen LogP contribution >= 0.6 is 15.9 Å². The molecule has 3 heteroatoms. The number of nitrogens with one attached hydrogen (secondary N) is 1. The molecule has 2 atom stereocenters. The van der Waals surface area contributed by atoms with Crippen LogP contribution < -0.4 is 5.32 Å². The molecule has 1 saturated carbocycles. The highest BCUT2D eigenvalue weighted by Gasteiger charge is 2.35. The monoisotopic (exact) mass is 279 g/mol. The van der Waals surface area contributed by atoms with E-state index in [0.29, 0.717) is 0 Å². The Kier molecular flexibility index (Phi) is 3.15. The van der Waals surface area contributed by atoms with E-state index in [2.05, 4.69) is 27.8 Å². The molecule has 0 aliphatic heterocycles. The van der Waals surface area contributed by atoms with E-state index in [1.165, 1.54) is 0 Å². The lowest BCUT2D eigenvalue weighted by Crippen LogP contribution is -2.27. The Bertz CT molecular complexity index is 424. The van der Waals surface area contributed by atoms with Crippen molar-refractivity contribution in [2.75, 3.05) is 0 Å². The maximum Gasteiger partial charge on any atom is 0.227 e. The fourth-order valence-electron chi connectivity index (χ4n) is 1.63. The van der Waals surface area contributed by atoms with Crippen molar-refractivity contribution in [3.05, 3.63) is 46.5 Å². The summed E-state index contributed by atoms with van der Waals surface area (Å²) in [6, 6.07) is 8.03. The third-order valence-corrected chi connectivity index (χ3v) is 3.37. The van der Waals surface area contributed by atoms with E-state index >= 15 is 0 Å². The number of benzene rings is 1. The van der Waals surface area contributed by atoms with Crippen LogP contribution in [0.4, 0.5) is 0 Å². The lowest BCUT2D eigenvalue weighted by molar-refractivity contribution is -0.122. The predicted octanol–water partition coefficient (Wildman–Crippen LogP) is 3.20. The molecular weight excluding hydrogens is 266 g/mol. The number of carbonyl (C=O) groups is 1. The van der Waals surface area contributed by atoms with E-state index in [4.69, 9.17) is 0 Å². The van der Waals surface area contributed by atoms with Crippen molar-refractivity contribution in [2.45, 2.75) is 19.4 Å². The summed E-state index contributed by atoms with van der Waals surface area (Å²) in [5.74, 6) is 0.151. The molecular formula is C13H14BrNO. The van der Waals surface area contributed by atoms with Gasteiger partial charge in [0.05, 0.1) is 12.0 Å². The molecule has 1 aromatic carbocycles. The van der Waals surface area contributed by atoms with Crippen molar-refractivity contribution >= 4 is 21.8 Å². The molecule has 1 fully saturated rings. The van der Waals surface area contributed by atoms with Crippen LogP contribution in [0.15, 0.2) is 40.9 Å². The number of rotatable bonds is 3. The third kappa shape index (κ3) is 2.53. The van der Waals surface area contributed by atoms with Gasteiger partial charge in [-0.05, 0) is 31.0 Å². The van der Waals surface area contributed by atoms with Crippen LogP contribution in [0.5, 0.6) is 0 Å². The number of halogens is 1. The second-order valence-corrected chi connectivity index (χ2v) is 5.11. The van der Waals surface area contributed by atoms with Gasteiger partial charge in [0.2, 0.25) is 5.91 Å². The molecule has 0 spiro atoms. The molecule has 0 bridgehead atoms. The van der Waals surface area contributed by atoms with Crippen molar-refractivity contribution in [2.24, 2.45) is 5.92 Å². The molecule has 2 rings (SSSR count). The first-order chi connectivity index (χ1) is 7.58. The summed E-state index contributed by atoms with van der Waals surface area (Å²) < 4.78 is 1.05. The topological polar surface area (TPSA) is 29.1 Å². The van der Waals surface area contributed by atoms with E-state index in [1.54, 1.807) is 0 Å². The van der Waals surface area contributed by atoms with Gasteiger partial charge in [-0.15, -0.1) is 0 Å². The average Bonchev–Trinajstić information content (AvgIpc) is 2.96. The summed E-state index contributed by atoms with van der Waals surface area (Å²) in [6.45, 7) is 5.79. The van der Waals surface area contributed by atoms with Crippen molar-refractivity contribution in [1.29, 1.82) is 0 Å². The van der Waals surface area contributed by atoms with E-state index in [-0.39, 0.29) is 17.9 Å². The molecule has 2 unspecified atom stereocenters. The van der Waals surface area contributed by atoms with Gasteiger partial charge in [0.1, 0.15) is 0 Å². The summed E-state index contributed by atoms with van der Waals surface area (Å²) in [4.78, 5) is 11.7. The fourth-order valence-corrected chi connectivity index (χ4v) is 1.89. The maximum absolute atomic E-state index is 11.7. The van der Waals surface area contributed by atoms with Gasteiger partial charge in [0.15, 0.2) is 0 Å². The minimum absolute atomic E-state index is 0.0500. The minimum atomic E-state index is 0.0500. The highest BCUT2D eigenvalue weighted by atomic mass is 79.9. The van der Waals surface area contributed by atoms with E-state index in [9.17, 15) is 4.79 Å². The second-order valence-electron chi connectivity index (χ2n) is 4.20. The van der Waals surface area contributed by atoms with Crippen LogP contribution in [0.1, 0.15) is 24.9 Å². The molecule has 1 aromatic rings. The molecule has 16 heavy (non-hydrogen) atoms. The second kappa shape index (κ2) is 4.42. The standard InChI is InChI=1S/C13H14BrNO/c1-8-7-12(8)13(16)15-9(2)10-3-5-11(14)6-4-10/h3-6,9,12H,1,7H2,2H3,(H,15,16). The average molecular weight is 280 g/mol. The normalized spacial score (nSPS) is 20.4. The van der Waals surface area contributed by atoms with Crippen LogP contribution in [0, 0.1) is 5.92 Å². The summed E-state index contributed by atoms with van der Waals surface area (Å²) in [6.07, 6.45) is 0.846. The zero-order valence-electron chi connectivity index (χ0n) is 9.16. The molecule has 1 amide bonds. The van der Waals surface area contributed by atoms with Crippen LogP contribution in [0.2, 0.25) is 0 Å².